The van der Waals surface area contributed by atoms with Crippen molar-refractivity contribution in [3.8, 4) is 28.7 Å². The van der Waals surface area contributed by atoms with E-state index in [0.717, 1.165) is 11.4 Å². The molecular formula is C26H29N3O5S. The highest BCUT2D eigenvalue weighted by atomic mass is 32.1. The van der Waals surface area contributed by atoms with Gasteiger partial charge in [-0.3, -0.25) is 15.6 Å². The predicted molar refractivity (Wildman–Crippen MR) is 140 cm³/mol. The van der Waals surface area contributed by atoms with Crippen LogP contribution in [0.1, 0.15) is 31.1 Å². The molecule has 0 atom stereocenters. The monoisotopic (exact) mass is 495 g/mol. The van der Waals surface area contributed by atoms with Crippen LogP contribution in [0, 0.1) is 0 Å². The van der Waals surface area contributed by atoms with E-state index in [-0.39, 0.29) is 5.11 Å². The Hall–Kier alpha value is -3.98. The zero-order valence-corrected chi connectivity index (χ0v) is 20.7. The molecule has 0 bridgehead atoms. The average Bonchev–Trinajstić information content (AvgIpc) is 2.86. The van der Waals surface area contributed by atoms with Crippen LogP contribution in [-0.2, 0) is 0 Å². The summed E-state index contributed by atoms with van der Waals surface area (Å²) in [6.45, 7) is 6.85. The lowest BCUT2D eigenvalue weighted by molar-refractivity contribution is 0.0943. The first-order valence-electron chi connectivity index (χ1n) is 11.3. The number of para-hydroxylation sites is 1. The number of hydrogen-bond acceptors (Lipinski definition) is 6. The van der Waals surface area contributed by atoms with Crippen molar-refractivity contribution in [1.82, 2.24) is 10.9 Å². The van der Waals surface area contributed by atoms with Crippen LogP contribution in [0.15, 0.2) is 66.7 Å². The van der Waals surface area contributed by atoms with Gasteiger partial charge in [-0.05, 0) is 81.5 Å². The molecule has 1 amide bonds. The summed E-state index contributed by atoms with van der Waals surface area (Å²) in [6, 6.07) is 20.0. The second kappa shape index (κ2) is 13.0. The molecule has 3 N–H and O–H groups in total. The van der Waals surface area contributed by atoms with Crippen molar-refractivity contribution in [3.63, 3.8) is 0 Å². The molecule has 0 aliphatic rings. The molecule has 0 heterocycles. The van der Waals surface area contributed by atoms with Gasteiger partial charge in [0.1, 0.15) is 11.5 Å². The Morgan fingerprint density at radius 3 is 1.91 bits per heavy atom. The van der Waals surface area contributed by atoms with Crippen molar-refractivity contribution in [2.24, 2.45) is 0 Å². The normalized spacial score (nSPS) is 10.1. The van der Waals surface area contributed by atoms with Gasteiger partial charge in [0.05, 0.1) is 19.8 Å². The first-order chi connectivity index (χ1) is 17.0. The van der Waals surface area contributed by atoms with Crippen LogP contribution in [0.3, 0.4) is 0 Å². The van der Waals surface area contributed by atoms with Gasteiger partial charge < -0.3 is 24.3 Å². The van der Waals surface area contributed by atoms with Crippen LogP contribution in [0.4, 0.5) is 5.69 Å². The molecule has 35 heavy (non-hydrogen) atoms. The first-order valence-corrected chi connectivity index (χ1v) is 11.7. The lowest BCUT2D eigenvalue weighted by atomic mass is 10.1. The van der Waals surface area contributed by atoms with Crippen molar-refractivity contribution in [2.75, 3.05) is 25.1 Å². The van der Waals surface area contributed by atoms with Gasteiger partial charge in [-0.2, -0.15) is 0 Å². The zero-order chi connectivity index (χ0) is 25.0. The summed E-state index contributed by atoms with van der Waals surface area (Å²) in [4.78, 5) is 12.8. The number of hydrazine groups is 1. The van der Waals surface area contributed by atoms with E-state index < -0.39 is 5.91 Å². The fourth-order valence-corrected chi connectivity index (χ4v) is 3.27. The van der Waals surface area contributed by atoms with Crippen LogP contribution in [0.2, 0.25) is 0 Å². The SMILES string of the molecule is CCOc1cc(C(=O)NNC(=S)Nc2ccc(Oc3ccccc3)cc2)cc(OCC)c1OCC. The molecule has 8 nitrogen and oxygen atoms in total. The number of thiocarbonyl (C=S) groups is 1. The highest BCUT2D eigenvalue weighted by Gasteiger charge is 2.18. The van der Waals surface area contributed by atoms with E-state index in [0.29, 0.717) is 48.4 Å². The van der Waals surface area contributed by atoms with Crippen molar-refractivity contribution in [3.05, 3.63) is 72.3 Å². The second-order valence-electron chi connectivity index (χ2n) is 7.07. The van der Waals surface area contributed by atoms with Crippen molar-refractivity contribution >= 4 is 28.9 Å². The molecule has 3 rings (SSSR count). The Kier molecular flexibility index (Phi) is 9.56. The van der Waals surface area contributed by atoms with Gasteiger partial charge in [0, 0.05) is 11.3 Å². The molecule has 0 aliphatic heterocycles. The van der Waals surface area contributed by atoms with E-state index in [1.54, 1.807) is 12.1 Å². The van der Waals surface area contributed by atoms with Crippen LogP contribution < -0.4 is 35.1 Å². The maximum Gasteiger partial charge on any atom is 0.269 e. The van der Waals surface area contributed by atoms with E-state index >= 15 is 0 Å². The molecule has 0 radical (unpaired) electrons. The quantitative estimate of drug-likeness (QED) is 0.258. The summed E-state index contributed by atoms with van der Waals surface area (Å²) >= 11 is 5.29. The minimum absolute atomic E-state index is 0.219. The predicted octanol–water partition coefficient (Wildman–Crippen LogP) is 5.31. The Bertz CT molecular complexity index is 1100. The topological polar surface area (TPSA) is 90.1 Å². The van der Waals surface area contributed by atoms with Crippen LogP contribution in [0.25, 0.3) is 0 Å². The van der Waals surface area contributed by atoms with Gasteiger partial charge in [-0.1, -0.05) is 18.2 Å². The van der Waals surface area contributed by atoms with Crippen LogP contribution in [0.5, 0.6) is 28.7 Å². The van der Waals surface area contributed by atoms with Gasteiger partial charge in [-0.25, -0.2) is 0 Å². The third kappa shape index (κ3) is 7.51. The molecule has 0 saturated carbocycles. The van der Waals surface area contributed by atoms with Gasteiger partial charge in [0.2, 0.25) is 5.75 Å². The van der Waals surface area contributed by atoms with Gasteiger partial charge in [0.25, 0.3) is 5.91 Å². The maximum atomic E-state index is 12.8. The maximum absolute atomic E-state index is 12.8. The average molecular weight is 496 g/mol. The number of carbonyl (C=O) groups excluding carboxylic acids is 1. The van der Waals surface area contributed by atoms with Crippen molar-refractivity contribution in [2.45, 2.75) is 20.8 Å². The molecule has 0 unspecified atom stereocenters. The fourth-order valence-electron chi connectivity index (χ4n) is 3.10. The third-order valence-corrected chi connectivity index (χ3v) is 4.76. The van der Waals surface area contributed by atoms with Crippen molar-refractivity contribution in [1.29, 1.82) is 0 Å². The smallest absolute Gasteiger partial charge is 0.269 e. The first kappa shape index (κ1) is 25.6. The minimum Gasteiger partial charge on any atom is -0.490 e. The van der Waals surface area contributed by atoms with Gasteiger partial charge >= 0.3 is 0 Å². The Labute approximate surface area is 210 Å². The molecule has 3 aromatic rings. The van der Waals surface area contributed by atoms with Gasteiger partial charge in [0.15, 0.2) is 16.6 Å². The van der Waals surface area contributed by atoms with E-state index in [4.69, 9.17) is 31.2 Å². The number of hydrogen-bond donors (Lipinski definition) is 3. The molecule has 0 aliphatic carbocycles. The molecule has 9 heteroatoms. The number of ether oxygens (including phenoxy) is 4. The lowest BCUT2D eigenvalue weighted by Gasteiger charge is -2.17. The summed E-state index contributed by atoms with van der Waals surface area (Å²) in [5.74, 6) is 2.37. The van der Waals surface area contributed by atoms with E-state index in [9.17, 15) is 4.79 Å². The fraction of sp³-hybridized carbons (Fsp3) is 0.231. The lowest BCUT2D eigenvalue weighted by Crippen LogP contribution is -2.43. The van der Waals surface area contributed by atoms with Crippen LogP contribution in [-0.4, -0.2) is 30.8 Å². The Morgan fingerprint density at radius 2 is 1.34 bits per heavy atom. The zero-order valence-electron chi connectivity index (χ0n) is 19.9. The molecule has 0 saturated heterocycles. The summed E-state index contributed by atoms with van der Waals surface area (Å²) in [5, 5.41) is 3.23. The number of carbonyl (C=O) groups is 1. The summed E-state index contributed by atoms with van der Waals surface area (Å²) in [7, 11) is 0. The minimum atomic E-state index is -0.411. The molecule has 0 spiro atoms. The van der Waals surface area contributed by atoms with Gasteiger partial charge in [-0.15, -0.1) is 0 Å². The molecule has 0 aromatic heterocycles. The second-order valence-corrected chi connectivity index (χ2v) is 7.48. The number of amides is 1. The van der Waals surface area contributed by atoms with E-state index in [1.807, 2.05) is 75.4 Å². The number of benzene rings is 3. The van der Waals surface area contributed by atoms with E-state index in [2.05, 4.69) is 16.2 Å². The summed E-state index contributed by atoms with van der Waals surface area (Å²) < 4.78 is 22.8. The van der Waals surface area contributed by atoms with Crippen LogP contribution >= 0.6 is 12.2 Å². The Morgan fingerprint density at radius 1 is 0.771 bits per heavy atom. The standard InChI is InChI=1S/C26H29N3O5S/c1-4-31-22-16-18(17-23(32-5-2)24(22)33-6-3)25(30)28-29-26(35)27-19-12-14-21(15-13-19)34-20-10-8-7-9-11-20/h7-17H,4-6H2,1-3H3,(H,28,30)(H2,27,29,35). The summed E-state index contributed by atoms with van der Waals surface area (Å²) in [6.07, 6.45) is 0. The highest BCUT2D eigenvalue weighted by Crippen LogP contribution is 2.39. The third-order valence-electron chi connectivity index (χ3n) is 4.55. The van der Waals surface area contributed by atoms with E-state index in [1.165, 1.54) is 0 Å². The largest absolute Gasteiger partial charge is 0.490 e. The molecule has 3 aromatic carbocycles. The molecule has 0 fully saturated rings. The van der Waals surface area contributed by atoms with Crippen molar-refractivity contribution < 1.29 is 23.7 Å². The number of nitrogens with one attached hydrogen (secondary N) is 3. The molecule has 184 valence electrons. The summed E-state index contributed by atoms with van der Waals surface area (Å²) in [5.41, 5.74) is 6.35. The number of anilines is 1. The molecular weight excluding hydrogens is 466 g/mol. The highest BCUT2D eigenvalue weighted by molar-refractivity contribution is 7.80. The number of rotatable bonds is 10. The Balaban J connectivity index is 1.60.